The summed E-state index contributed by atoms with van der Waals surface area (Å²) < 4.78 is 0. The Kier molecular flexibility index (Phi) is 5.75. The summed E-state index contributed by atoms with van der Waals surface area (Å²) in [5.41, 5.74) is 3.18. The summed E-state index contributed by atoms with van der Waals surface area (Å²) >= 11 is 0. The first-order valence-electron chi connectivity index (χ1n) is 11.2. The number of amides is 4. The fourth-order valence-electron chi connectivity index (χ4n) is 4.62. The number of hydrogen-bond acceptors (Lipinski definition) is 4. The maximum absolute atomic E-state index is 13.3. The molecule has 7 heteroatoms. The lowest BCUT2D eigenvalue weighted by Gasteiger charge is -2.35. The van der Waals surface area contributed by atoms with E-state index in [1.165, 1.54) is 0 Å². The maximum atomic E-state index is 13.3. The summed E-state index contributed by atoms with van der Waals surface area (Å²) in [4.78, 5) is 45.8. The normalized spacial score (nSPS) is 21.4. The van der Waals surface area contributed by atoms with Gasteiger partial charge in [-0.25, -0.2) is 9.69 Å². The van der Waals surface area contributed by atoms with Crippen LogP contribution in [-0.2, 0) is 9.59 Å². The number of urea groups is 1. The van der Waals surface area contributed by atoms with E-state index in [2.05, 4.69) is 29.6 Å². The number of pyridine rings is 1. The first-order valence-corrected chi connectivity index (χ1v) is 11.2. The van der Waals surface area contributed by atoms with Crippen LogP contribution in [0, 0.1) is 6.92 Å². The Balaban J connectivity index is 1.53. The number of hydrogen-bond donors (Lipinski definition) is 1. The quantitative estimate of drug-likeness (QED) is 0.747. The summed E-state index contributed by atoms with van der Waals surface area (Å²) in [6.45, 7) is 8.06. The fraction of sp³-hybridized carbons (Fsp3) is 0.440. The second-order valence-electron chi connectivity index (χ2n) is 9.32. The number of rotatable bonds is 4. The van der Waals surface area contributed by atoms with Crippen LogP contribution in [0.4, 0.5) is 4.79 Å². The fourth-order valence-corrected chi connectivity index (χ4v) is 4.62. The number of carbonyl (C=O) groups excluding carboxylic acids is 3. The summed E-state index contributed by atoms with van der Waals surface area (Å²) in [6, 6.07) is 13.0. The lowest BCUT2D eigenvalue weighted by atomic mass is 9.92. The van der Waals surface area contributed by atoms with Gasteiger partial charge in [-0.3, -0.25) is 14.6 Å². The number of benzene rings is 1. The molecule has 2 atom stereocenters. The van der Waals surface area contributed by atoms with E-state index < -0.39 is 17.6 Å². The van der Waals surface area contributed by atoms with Gasteiger partial charge in [-0.15, -0.1) is 0 Å². The standard InChI is InChI=1S/C25H30N4O3/c1-16-13-20(18-9-6-5-7-10-18)14-21(26-16)19-11-8-12-28(15-19)22(30)17(2)29-23(31)25(3,4)27-24(29)32/h5-7,9-10,13-14,17,19H,8,11-12,15H2,1-4H3,(H,27,32)/t17-,19+/m1/s1. The van der Waals surface area contributed by atoms with Crippen LogP contribution in [0.3, 0.4) is 0 Å². The van der Waals surface area contributed by atoms with Crippen molar-refractivity contribution in [3.63, 3.8) is 0 Å². The zero-order valence-electron chi connectivity index (χ0n) is 19.1. The molecule has 32 heavy (non-hydrogen) atoms. The van der Waals surface area contributed by atoms with Crippen molar-refractivity contribution >= 4 is 17.8 Å². The second kappa shape index (κ2) is 8.37. The molecule has 2 aliphatic heterocycles. The lowest BCUT2D eigenvalue weighted by Crippen LogP contribution is -2.52. The SMILES string of the molecule is Cc1cc(-c2ccccc2)cc([C@H]2CCCN(C(=O)[C@@H](C)N3C(=O)NC(C)(C)C3=O)C2)n1. The minimum absolute atomic E-state index is 0.113. The van der Waals surface area contributed by atoms with Crippen molar-refractivity contribution in [3.05, 3.63) is 53.9 Å². The van der Waals surface area contributed by atoms with E-state index in [0.29, 0.717) is 13.1 Å². The topological polar surface area (TPSA) is 82.6 Å². The van der Waals surface area contributed by atoms with Gasteiger partial charge in [0.05, 0.1) is 0 Å². The first kappa shape index (κ1) is 22.0. The average Bonchev–Trinajstić information content (AvgIpc) is 2.99. The number of aryl methyl sites for hydroxylation is 1. The molecule has 0 spiro atoms. The van der Waals surface area contributed by atoms with Crippen LogP contribution in [0.2, 0.25) is 0 Å². The third kappa shape index (κ3) is 4.11. The maximum Gasteiger partial charge on any atom is 0.325 e. The van der Waals surface area contributed by atoms with Gasteiger partial charge in [0, 0.05) is 30.4 Å². The number of nitrogens with one attached hydrogen (secondary N) is 1. The number of aromatic nitrogens is 1. The van der Waals surface area contributed by atoms with Crippen LogP contribution in [-0.4, -0.2) is 57.3 Å². The number of carbonyl (C=O) groups is 3. The molecule has 4 rings (SSSR count). The Morgan fingerprint density at radius 2 is 1.88 bits per heavy atom. The molecule has 0 bridgehead atoms. The molecule has 0 aliphatic carbocycles. The Morgan fingerprint density at radius 3 is 2.53 bits per heavy atom. The van der Waals surface area contributed by atoms with E-state index in [9.17, 15) is 14.4 Å². The van der Waals surface area contributed by atoms with Crippen LogP contribution >= 0.6 is 0 Å². The minimum atomic E-state index is -0.991. The van der Waals surface area contributed by atoms with Crippen molar-refractivity contribution in [1.29, 1.82) is 0 Å². The zero-order chi connectivity index (χ0) is 23.0. The molecule has 7 nitrogen and oxygen atoms in total. The molecule has 4 amide bonds. The van der Waals surface area contributed by atoms with Crippen molar-refractivity contribution in [2.75, 3.05) is 13.1 Å². The second-order valence-corrected chi connectivity index (χ2v) is 9.32. The Morgan fingerprint density at radius 1 is 1.16 bits per heavy atom. The van der Waals surface area contributed by atoms with Crippen molar-refractivity contribution in [1.82, 2.24) is 20.1 Å². The largest absolute Gasteiger partial charge is 0.340 e. The van der Waals surface area contributed by atoms with Crippen molar-refractivity contribution in [2.24, 2.45) is 0 Å². The first-order chi connectivity index (χ1) is 15.2. The summed E-state index contributed by atoms with van der Waals surface area (Å²) in [5, 5.41) is 2.65. The highest BCUT2D eigenvalue weighted by Gasteiger charge is 2.48. The van der Waals surface area contributed by atoms with E-state index in [0.717, 1.165) is 40.3 Å². The highest BCUT2D eigenvalue weighted by molar-refractivity contribution is 6.09. The third-order valence-electron chi connectivity index (χ3n) is 6.37. The molecule has 0 radical (unpaired) electrons. The molecule has 2 aliphatic rings. The van der Waals surface area contributed by atoms with E-state index >= 15 is 0 Å². The number of imide groups is 1. The molecular weight excluding hydrogens is 404 g/mol. The smallest absolute Gasteiger partial charge is 0.325 e. The van der Waals surface area contributed by atoms with Gasteiger partial charge in [0.25, 0.3) is 5.91 Å². The van der Waals surface area contributed by atoms with Crippen molar-refractivity contribution < 1.29 is 14.4 Å². The van der Waals surface area contributed by atoms with Gasteiger partial charge in [-0.2, -0.15) is 0 Å². The van der Waals surface area contributed by atoms with Crippen LogP contribution < -0.4 is 5.32 Å². The monoisotopic (exact) mass is 434 g/mol. The molecule has 1 N–H and O–H groups in total. The van der Waals surface area contributed by atoms with Gasteiger partial charge in [-0.1, -0.05) is 30.3 Å². The highest BCUT2D eigenvalue weighted by atomic mass is 16.2. The summed E-state index contributed by atoms with van der Waals surface area (Å²) in [6.07, 6.45) is 1.80. The molecule has 0 saturated carbocycles. The number of piperidine rings is 1. The van der Waals surface area contributed by atoms with Gasteiger partial charge in [-0.05, 0) is 63.8 Å². The Bertz CT molecular complexity index is 1050. The van der Waals surface area contributed by atoms with E-state index in [1.54, 1.807) is 25.7 Å². The molecule has 1 aromatic heterocycles. The van der Waals surface area contributed by atoms with E-state index in [1.807, 2.05) is 25.1 Å². The van der Waals surface area contributed by atoms with Gasteiger partial charge in [0.1, 0.15) is 11.6 Å². The van der Waals surface area contributed by atoms with Crippen LogP contribution in [0.25, 0.3) is 11.1 Å². The molecule has 2 saturated heterocycles. The van der Waals surface area contributed by atoms with Crippen LogP contribution in [0.1, 0.15) is 50.9 Å². The van der Waals surface area contributed by atoms with E-state index in [-0.39, 0.29) is 17.7 Å². The predicted molar refractivity (Wildman–Crippen MR) is 122 cm³/mol. The number of nitrogens with zero attached hydrogens (tertiary/aromatic N) is 3. The summed E-state index contributed by atoms with van der Waals surface area (Å²) in [7, 11) is 0. The minimum Gasteiger partial charge on any atom is -0.340 e. The predicted octanol–water partition coefficient (Wildman–Crippen LogP) is 3.48. The molecule has 3 heterocycles. The van der Waals surface area contributed by atoms with Crippen molar-refractivity contribution in [3.8, 4) is 11.1 Å². The molecule has 1 aromatic carbocycles. The van der Waals surface area contributed by atoms with Gasteiger partial charge in [0.15, 0.2) is 0 Å². The zero-order valence-corrected chi connectivity index (χ0v) is 19.1. The molecule has 168 valence electrons. The van der Waals surface area contributed by atoms with Crippen LogP contribution in [0.15, 0.2) is 42.5 Å². The van der Waals surface area contributed by atoms with Gasteiger partial charge >= 0.3 is 6.03 Å². The Hall–Kier alpha value is -3.22. The molecular formula is C25H30N4O3. The van der Waals surface area contributed by atoms with Crippen molar-refractivity contribution in [2.45, 2.75) is 58.0 Å². The van der Waals surface area contributed by atoms with Gasteiger partial charge in [0.2, 0.25) is 5.91 Å². The third-order valence-corrected chi connectivity index (χ3v) is 6.37. The van der Waals surface area contributed by atoms with E-state index in [4.69, 9.17) is 4.98 Å². The molecule has 2 aromatic rings. The molecule has 2 fully saturated rings. The summed E-state index contributed by atoms with van der Waals surface area (Å²) in [5.74, 6) is -0.460. The van der Waals surface area contributed by atoms with Crippen LogP contribution in [0.5, 0.6) is 0 Å². The van der Waals surface area contributed by atoms with Gasteiger partial charge < -0.3 is 10.2 Å². The number of likely N-dealkylation sites (tertiary alicyclic amines) is 1. The highest BCUT2D eigenvalue weighted by Crippen LogP contribution is 2.30. The molecule has 0 unspecified atom stereocenters. The lowest BCUT2D eigenvalue weighted by molar-refractivity contribution is -0.143. The average molecular weight is 435 g/mol. The Labute approximate surface area is 188 Å².